The van der Waals surface area contributed by atoms with E-state index in [1.54, 1.807) is 31.2 Å². The van der Waals surface area contributed by atoms with Gasteiger partial charge in [-0.05, 0) is 24.1 Å². The summed E-state index contributed by atoms with van der Waals surface area (Å²) >= 11 is 0. The molecule has 198 valence electrons. The number of carbonyl (C=O) groups excluding carboxylic acids is 1. The van der Waals surface area contributed by atoms with Crippen LogP contribution in [0.2, 0.25) is 0 Å². The number of ether oxygens (including phenoxy) is 5. The second-order valence-corrected chi connectivity index (χ2v) is 8.87. The molecule has 2 fully saturated rings. The Balaban J connectivity index is 1.71. The van der Waals surface area contributed by atoms with Gasteiger partial charge >= 0.3 is 5.97 Å². The van der Waals surface area contributed by atoms with Crippen molar-refractivity contribution < 1.29 is 59.1 Å². The number of esters is 1. The van der Waals surface area contributed by atoms with Gasteiger partial charge in [0.05, 0.1) is 25.7 Å². The van der Waals surface area contributed by atoms with Crippen molar-refractivity contribution in [2.75, 3.05) is 19.8 Å². The first-order chi connectivity index (χ1) is 16.6. The fourth-order valence-electron chi connectivity index (χ4n) is 3.66. The van der Waals surface area contributed by atoms with Gasteiger partial charge in [-0.1, -0.05) is 26.0 Å². The molecule has 2 heterocycles. The van der Waals surface area contributed by atoms with Crippen LogP contribution in [0.15, 0.2) is 24.3 Å². The molecule has 1 aromatic rings. The molecule has 12 heteroatoms. The molecular weight excluding hydrogens is 468 g/mol. The molecule has 6 N–H and O–H groups in total. The number of hydrogen-bond donors (Lipinski definition) is 6. The van der Waals surface area contributed by atoms with Crippen molar-refractivity contribution in [1.29, 1.82) is 0 Å². The monoisotopic (exact) mass is 502 g/mol. The highest BCUT2D eigenvalue weighted by atomic mass is 16.8. The fraction of sp³-hybridized carbons (Fsp3) is 0.696. The van der Waals surface area contributed by atoms with Gasteiger partial charge in [0.2, 0.25) is 6.29 Å². The van der Waals surface area contributed by atoms with E-state index in [1.807, 2.05) is 6.92 Å². The van der Waals surface area contributed by atoms with E-state index in [-0.39, 0.29) is 18.3 Å². The number of aliphatic hydroxyl groups is 6. The fourth-order valence-corrected chi connectivity index (χ4v) is 3.66. The SMILES string of the molecule is CCC(C)C(=O)OC[C@@]1(O)CO[C@@H](O[C@H]2[C@H](Oc3ccc(CO)cc3)O[C@H](CO)[C@@H](O)[C@@H]2O)[C@@H]1O. The first-order valence-corrected chi connectivity index (χ1v) is 11.5. The quantitative estimate of drug-likeness (QED) is 0.202. The van der Waals surface area contributed by atoms with Gasteiger partial charge in [-0.2, -0.15) is 0 Å². The van der Waals surface area contributed by atoms with Crippen molar-refractivity contribution in [3.05, 3.63) is 29.8 Å². The third-order valence-electron chi connectivity index (χ3n) is 6.26. The summed E-state index contributed by atoms with van der Waals surface area (Å²) in [6.07, 6.45) is -9.71. The van der Waals surface area contributed by atoms with E-state index in [1.165, 1.54) is 0 Å². The summed E-state index contributed by atoms with van der Waals surface area (Å²) in [7, 11) is 0. The predicted octanol–water partition coefficient (Wildman–Crippen LogP) is -1.58. The molecule has 0 radical (unpaired) electrons. The van der Waals surface area contributed by atoms with Crippen LogP contribution in [0.5, 0.6) is 5.75 Å². The molecule has 0 aromatic heterocycles. The van der Waals surface area contributed by atoms with Crippen LogP contribution >= 0.6 is 0 Å². The molecule has 2 aliphatic heterocycles. The third kappa shape index (κ3) is 6.28. The molecule has 9 atom stereocenters. The summed E-state index contributed by atoms with van der Waals surface area (Å²) in [5.74, 6) is -0.639. The summed E-state index contributed by atoms with van der Waals surface area (Å²) in [4.78, 5) is 12.0. The molecule has 2 saturated heterocycles. The number of carbonyl (C=O) groups is 1. The molecule has 1 unspecified atom stereocenters. The van der Waals surface area contributed by atoms with Crippen molar-refractivity contribution in [3.63, 3.8) is 0 Å². The lowest BCUT2D eigenvalue weighted by Gasteiger charge is -2.42. The standard InChI is InChI=1S/C23H34O12/c1-3-12(2)20(29)31-10-23(30)11-32-22(19(23)28)35-18-17(27)16(26)15(9-25)34-21(18)33-14-6-4-13(8-24)5-7-14/h4-7,12,15-19,21-22,24-28,30H,3,8-11H2,1-2H3/t12?,15-,16-,17+,18-,19+,21-,22+,23-/m1/s1. The largest absolute Gasteiger partial charge is 0.462 e. The summed E-state index contributed by atoms with van der Waals surface area (Å²) in [5, 5.41) is 61.1. The molecule has 1 aromatic carbocycles. The van der Waals surface area contributed by atoms with Crippen LogP contribution < -0.4 is 4.74 Å². The molecule has 0 aliphatic carbocycles. The molecule has 0 amide bonds. The molecule has 3 rings (SSSR count). The van der Waals surface area contributed by atoms with Gasteiger partial charge in [0.15, 0.2) is 18.0 Å². The van der Waals surface area contributed by atoms with Crippen LogP contribution in [0, 0.1) is 5.92 Å². The van der Waals surface area contributed by atoms with Gasteiger partial charge in [0.25, 0.3) is 0 Å². The van der Waals surface area contributed by atoms with Crippen molar-refractivity contribution in [3.8, 4) is 5.75 Å². The van der Waals surface area contributed by atoms with Crippen molar-refractivity contribution >= 4 is 5.97 Å². The molecule has 2 aliphatic rings. The van der Waals surface area contributed by atoms with Gasteiger partial charge in [0, 0.05) is 0 Å². The summed E-state index contributed by atoms with van der Waals surface area (Å²) in [6, 6.07) is 6.30. The minimum absolute atomic E-state index is 0.171. The van der Waals surface area contributed by atoms with Crippen LogP contribution in [0.25, 0.3) is 0 Å². The van der Waals surface area contributed by atoms with Crippen LogP contribution in [0.1, 0.15) is 25.8 Å². The minimum Gasteiger partial charge on any atom is -0.462 e. The zero-order valence-corrected chi connectivity index (χ0v) is 19.6. The predicted molar refractivity (Wildman–Crippen MR) is 117 cm³/mol. The second-order valence-electron chi connectivity index (χ2n) is 8.87. The Morgan fingerprint density at radius 1 is 1.14 bits per heavy atom. The van der Waals surface area contributed by atoms with Gasteiger partial charge in [-0.15, -0.1) is 0 Å². The highest BCUT2D eigenvalue weighted by molar-refractivity contribution is 5.71. The van der Waals surface area contributed by atoms with E-state index >= 15 is 0 Å². The molecule has 0 bridgehead atoms. The van der Waals surface area contributed by atoms with E-state index in [0.717, 1.165) is 0 Å². The maximum atomic E-state index is 12.0. The van der Waals surface area contributed by atoms with Gasteiger partial charge in [-0.3, -0.25) is 4.79 Å². The molecule has 35 heavy (non-hydrogen) atoms. The lowest BCUT2D eigenvalue weighted by molar-refractivity contribution is -0.318. The van der Waals surface area contributed by atoms with E-state index in [9.17, 15) is 35.4 Å². The van der Waals surface area contributed by atoms with E-state index in [0.29, 0.717) is 12.0 Å². The Bertz CT molecular complexity index is 819. The summed E-state index contributed by atoms with van der Waals surface area (Å²) in [5.41, 5.74) is -1.33. The van der Waals surface area contributed by atoms with E-state index in [4.69, 9.17) is 23.7 Å². The highest BCUT2D eigenvalue weighted by Gasteiger charge is 2.54. The van der Waals surface area contributed by atoms with Crippen molar-refractivity contribution in [2.45, 2.75) is 75.6 Å². The Hall–Kier alpha value is -1.87. The number of aliphatic hydroxyl groups excluding tert-OH is 5. The molecular formula is C23H34O12. The second kappa shape index (κ2) is 11.9. The van der Waals surface area contributed by atoms with E-state index < -0.39 is 74.5 Å². The summed E-state index contributed by atoms with van der Waals surface area (Å²) in [6.45, 7) is 1.74. The zero-order chi connectivity index (χ0) is 25.8. The smallest absolute Gasteiger partial charge is 0.308 e. The number of benzene rings is 1. The maximum Gasteiger partial charge on any atom is 0.308 e. The van der Waals surface area contributed by atoms with Crippen LogP contribution in [-0.4, -0.2) is 105 Å². The lowest BCUT2D eigenvalue weighted by Crippen LogP contribution is -2.62. The van der Waals surface area contributed by atoms with Gasteiger partial charge in [-0.25, -0.2) is 0 Å². The Labute approximate surface area is 202 Å². The Morgan fingerprint density at radius 2 is 1.83 bits per heavy atom. The minimum atomic E-state index is -1.96. The average molecular weight is 503 g/mol. The number of rotatable bonds is 10. The highest BCUT2D eigenvalue weighted by Crippen LogP contribution is 2.32. The van der Waals surface area contributed by atoms with E-state index in [2.05, 4.69) is 0 Å². The normalized spacial score (nSPS) is 36.1. The van der Waals surface area contributed by atoms with Gasteiger partial charge < -0.3 is 54.3 Å². The summed E-state index contributed by atoms with van der Waals surface area (Å²) < 4.78 is 27.5. The number of hydrogen-bond acceptors (Lipinski definition) is 12. The molecule has 12 nitrogen and oxygen atoms in total. The zero-order valence-electron chi connectivity index (χ0n) is 19.6. The first-order valence-electron chi connectivity index (χ1n) is 11.5. The third-order valence-corrected chi connectivity index (χ3v) is 6.26. The topological polar surface area (TPSA) is 185 Å². The van der Waals surface area contributed by atoms with Gasteiger partial charge in [0.1, 0.15) is 36.8 Å². The average Bonchev–Trinajstić information content (AvgIpc) is 3.15. The Kier molecular flexibility index (Phi) is 9.43. The Morgan fingerprint density at radius 3 is 2.43 bits per heavy atom. The van der Waals surface area contributed by atoms with Crippen LogP contribution in [0.4, 0.5) is 0 Å². The first kappa shape index (κ1) is 27.7. The van der Waals surface area contributed by atoms with Crippen molar-refractivity contribution in [2.24, 2.45) is 5.92 Å². The lowest BCUT2D eigenvalue weighted by atomic mass is 9.98. The van der Waals surface area contributed by atoms with Crippen molar-refractivity contribution in [1.82, 2.24) is 0 Å². The van der Waals surface area contributed by atoms with Crippen LogP contribution in [-0.2, 0) is 30.3 Å². The molecule has 0 spiro atoms. The van der Waals surface area contributed by atoms with Crippen LogP contribution in [0.3, 0.4) is 0 Å². The maximum absolute atomic E-state index is 12.0. The molecule has 0 saturated carbocycles.